The zero-order valence-corrected chi connectivity index (χ0v) is 15.4. The van der Waals surface area contributed by atoms with E-state index in [2.05, 4.69) is 38.8 Å². The van der Waals surface area contributed by atoms with Crippen LogP contribution >= 0.6 is 0 Å². The van der Waals surface area contributed by atoms with Crippen LogP contribution < -0.4 is 11.4 Å². The van der Waals surface area contributed by atoms with Gasteiger partial charge in [-0.3, -0.25) is 4.57 Å². The normalized spacial score (nSPS) is 22.5. The molecule has 0 amide bonds. The van der Waals surface area contributed by atoms with Gasteiger partial charge in [-0.1, -0.05) is 20.8 Å². The Morgan fingerprint density at radius 1 is 1.48 bits per heavy atom. The molecule has 8 heteroatoms. The van der Waals surface area contributed by atoms with E-state index in [0.717, 1.165) is 17.2 Å². The van der Waals surface area contributed by atoms with Crippen molar-refractivity contribution in [3.8, 4) is 0 Å². The van der Waals surface area contributed by atoms with E-state index < -0.39 is 26.1 Å². The van der Waals surface area contributed by atoms with Crippen molar-refractivity contribution < 1.29 is 13.6 Å². The molecular weight excluding hydrogens is 317 g/mol. The molecule has 2 heterocycles. The molecule has 0 aromatic carbocycles. The van der Waals surface area contributed by atoms with Crippen LogP contribution in [0.15, 0.2) is 11.0 Å². The van der Waals surface area contributed by atoms with Crippen LogP contribution in [0.5, 0.6) is 0 Å². The van der Waals surface area contributed by atoms with E-state index in [1.807, 2.05) is 0 Å². The highest BCUT2D eigenvalue weighted by atomic mass is 28.4. The maximum Gasteiger partial charge on any atom is 0.351 e. The highest BCUT2D eigenvalue weighted by Gasteiger charge is 2.38. The molecule has 1 aliphatic heterocycles. The van der Waals surface area contributed by atoms with E-state index >= 15 is 0 Å². The van der Waals surface area contributed by atoms with Crippen molar-refractivity contribution in [1.29, 1.82) is 0 Å². The van der Waals surface area contributed by atoms with E-state index in [1.165, 1.54) is 0 Å². The summed E-state index contributed by atoms with van der Waals surface area (Å²) in [6, 6.07) is 0. The molecule has 1 aromatic rings. The fourth-order valence-electron chi connectivity index (χ4n) is 2.20. The van der Waals surface area contributed by atoms with Crippen LogP contribution in [0, 0.1) is 5.82 Å². The van der Waals surface area contributed by atoms with Crippen LogP contribution in [0.25, 0.3) is 0 Å². The van der Waals surface area contributed by atoms with Crippen LogP contribution in [-0.2, 0) is 9.16 Å². The fourth-order valence-corrected chi connectivity index (χ4v) is 3.23. The molecule has 1 aliphatic rings. The number of halogens is 1. The number of rotatable bonds is 4. The smallest absolute Gasteiger partial charge is 0.351 e. The molecule has 2 N–H and O–H groups in total. The van der Waals surface area contributed by atoms with Crippen molar-refractivity contribution in [1.82, 2.24) is 9.55 Å². The second kappa shape index (κ2) is 6.33. The van der Waals surface area contributed by atoms with Crippen molar-refractivity contribution in [2.24, 2.45) is 0 Å². The number of anilines is 1. The zero-order valence-electron chi connectivity index (χ0n) is 14.4. The van der Waals surface area contributed by atoms with Gasteiger partial charge in [-0.2, -0.15) is 4.98 Å². The fraction of sp³-hybridized carbons (Fsp3) is 0.733. The molecule has 0 spiro atoms. The van der Waals surface area contributed by atoms with E-state index in [4.69, 9.17) is 14.9 Å². The Morgan fingerprint density at radius 2 is 2.13 bits per heavy atom. The average molecular weight is 343 g/mol. The third-order valence-corrected chi connectivity index (χ3v) is 9.27. The van der Waals surface area contributed by atoms with Gasteiger partial charge < -0.3 is 14.9 Å². The monoisotopic (exact) mass is 343 g/mol. The van der Waals surface area contributed by atoms with Gasteiger partial charge in [0.25, 0.3) is 0 Å². The molecule has 2 atom stereocenters. The van der Waals surface area contributed by atoms with Crippen molar-refractivity contribution >= 4 is 14.1 Å². The molecule has 130 valence electrons. The van der Waals surface area contributed by atoms with Crippen molar-refractivity contribution in [2.45, 2.75) is 64.1 Å². The standard InChI is InChI=1S/C15H26FN3O3Si/c1-15(2,3)23(4,5)21-9-10-6-7-12(22-10)19-8-11(16)13(17)18-14(19)20/h8,10,12H,6-7,9H2,1-5H3,(H2,17,18,20)/t10-,12+/m1/s1. The number of ether oxygens (including phenoxy) is 1. The van der Waals surface area contributed by atoms with Crippen molar-refractivity contribution in [3.63, 3.8) is 0 Å². The Balaban J connectivity index is 2.00. The first-order valence-corrected chi connectivity index (χ1v) is 10.8. The first kappa shape index (κ1) is 18.1. The summed E-state index contributed by atoms with van der Waals surface area (Å²) in [6.07, 6.45) is 1.83. The van der Waals surface area contributed by atoms with Gasteiger partial charge >= 0.3 is 5.69 Å². The van der Waals surface area contributed by atoms with Gasteiger partial charge in [0.05, 0.1) is 18.9 Å². The number of aromatic nitrogens is 2. The highest BCUT2D eigenvalue weighted by molar-refractivity contribution is 6.74. The quantitative estimate of drug-likeness (QED) is 0.850. The van der Waals surface area contributed by atoms with Gasteiger partial charge in [-0.05, 0) is 31.0 Å². The third kappa shape index (κ3) is 3.99. The van der Waals surface area contributed by atoms with Crippen LogP contribution in [0.3, 0.4) is 0 Å². The average Bonchev–Trinajstić information content (AvgIpc) is 2.88. The second-order valence-corrected chi connectivity index (χ2v) is 12.3. The minimum Gasteiger partial charge on any atom is -0.414 e. The van der Waals surface area contributed by atoms with E-state index in [0.29, 0.717) is 13.0 Å². The molecule has 0 radical (unpaired) electrons. The lowest BCUT2D eigenvalue weighted by molar-refractivity contribution is -0.0225. The lowest BCUT2D eigenvalue weighted by Gasteiger charge is -2.36. The first-order chi connectivity index (χ1) is 10.5. The van der Waals surface area contributed by atoms with Crippen LogP contribution in [0.2, 0.25) is 18.1 Å². The molecule has 1 fully saturated rings. The summed E-state index contributed by atoms with van der Waals surface area (Å²) in [6.45, 7) is 11.4. The van der Waals surface area contributed by atoms with Crippen molar-refractivity contribution in [2.75, 3.05) is 12.3 Å². The van der Waals surface area contributed by atoms with E-state index in [9.17, 15) is 9.18 Å². The summed E-state index contributed by atoms with van der Waals surface area (Å²) in [5, 5.41) is 0.131. The summed E-state index contributed by atoms with van der Waals surface area (Å²) in [5.41, 5.74) is 4.70. The largest absolute Gasteiger partial charge is 0.414 e. The predicted octanol–water partition coefficient (Wildman–Crippen LogP) is 2.66. The Morgan fingerprint density at radius 3 is 2.74 bits per heavy atom. The SMILES string of the molecule is CC(C)(C)[Si](C)(C)OC[C@H]1CC[C@@H](n2cc(F)c(N)nc2=O)O1. The Labute approximate surface area is 136 Å². The Kier molecular flexibility index (Phi) is 4.98. The highest BCUT2D eigenvalue weighted by Crippen LogP contribution is 2.37. The molecule has 1 saturated heterocycles. The number of hydrogen-bond donors (Lipinski definition) is 1. The summed E-state index contributed by atoms with van der Waals surface area (Å²) in [4.78, 5) is 15.3. The molecule has 23 heavy (non-hydrogen) atoms. The predicted molar refractivity (Wildman–Crippen MR) is 89.2 cm³/mol. The summed E-state index contributed by atoms with van der Waals surface area (Å²) in [5.74, 6) is -1.10. The Hall–Kier alpha value is -1.25. The molecule has 0 aliphatic carbocycles. The molecule has 2 rings (SSSR count). The summed E-state index contributed by atoms with van der Waals surface area (Å²) in [7, 11) is -1.84. The van der Waals surface area contributed by atoms with Gasteiger partial charge in [-0.25, -0.2) is 9.18 Å². The maximum absolute atomic E-state index is 13.5. The topological polar surface area (TPSA) is 79.4 Å². The van der Waals surface area contributed by atoms with Crippen LogP contribution in [0.1, 0.15) is 39.8 Å². The van der Waals surface area contributed by atoms with Gasteiger partial charge in [0.15, 0.2) is 20.0 Å². The zero-order chi connectivity index (χ0) is 17.4. The van der Waals surface area contributed by atoms with Gasteiger partial charge in [0, 0.05) is 0 Å². The molecule has 0 unspecified atom stereocenters. The molecular formula is C15H26FN3O3Si. The van der Waals surface area contributed by atoms with Crippen LogP contribution in [0.4, 0.5) is 10.2 Å². The lowest BCUT2D eigenvalue weighted by Crippen LogP contribution is -2.42. The minimum atomic E-state index is -1.84. The number of hydrogen-bond acceptors (Lipinski definition) is 5. The number of nitrogen functional groups attached to an aromatic ring is 1. The summed E-state index contributed by atoms with van der Waals surface area (Å²) >= 11 is 0. The maximum atomic E-state index is 13.5. The molecule has 1 aromatic heterocycles. The summed E-state index contributed by atoms with van der Waals surface area (Å²) < 4.78 is 26.7. The van der Waals surface area contributed by atoms with Gasteiger partial charge in [-0.15, -0.1) is 0 Å². The third-order valence-electron chi connectivity index (χ3n) is 4.77. The molecule has 0 bridgehead atoms. The second-order valence-electron chi connectivity index (χ2n) is 7.53. The number of nitrogens with zero attached hydrogens (tertiary/aromatic N) is 2. The Bertz CT molecular complexity index is 627. The van der Waals surface area contributed by atoms with Gasteiger partial charge in [0.2, 0.25) is 0 Å². The molecule has 6 nitrogen and oxygen atoms in total. The van der Waals surface area contributed by atoms with Gasteiger partial charge in [0.1, 0.15) is 6.23 Å². The van der Waals surface area contributed by atoms with E-state index in [1.54, 1.807) is 0 Å². The minimum absolute atomic E-state index is 0.0957. The first-order valence-electron chi connectivity index (χ1n) is 7.85. The van der Waals surface area contributed by atoms with Crippen LogP contribution in [-0.4, -0.2) is 30.6 Å². The van der Waals surface area contributed by atoms with Crippen molar-refractivity contribution in [3.05, 3.63) is 22.5 Å². The van der Waals surface area contributed by atoms with E-state index in [-0.39, 0.29) is 17.0 Å². The lowest BCUT2D eigenvalue weighted by atomic mass is 10.2. The molecule has 0 saturated carbocycles. The number of nitrogens with two attached hydrogens (primary N) is 1.